The standard InChI is InChI=1S/C12H9N3O3/c1-7-10(16)14-12(18)15(11(7)17)9-5-3-2-4-8(9)6-13/h2-5,17H,1H3,(H,14,16,18). The molecule has 0 fully saturated rings. The summed E-state index contributed by atoms with van der Waals surface area (Å²) < 4.78 is 0.898. The van der Waals surface area contributed by atoms with E-state index in [0.29, 0.717) is 0 Å². The number of hydrogen-bond donors (Lipinski definition) is 2. The average Bonchev–Trinajstić information content (AvgIpc) is 2.37. The van der Waals surface area contributed by atoms with Crippen LogP contribution in [0.15, 0.2) is 33.9 Å². The number of hydrogen-bond acceptors (Lipinski definition) is 4. The Labute approximate surface area is 101 Å². The molecule has 0 radical (unpaired) electrons. The molecule has 2 rings (SSSR count). The van der Waals surface area contributed by atoms with Crippen LogP contribution >= 0.6 is 0 Å². The molecule has 0 spiro atoms. The molecule has 0 aliphatic rings. The predicted octanol–water partition coefficient (Wildman–Crippen LogP) is 0.411. The van der Waals surface area contributed by atoms with E-state index in [0.717, 1.165) is 4.57 Å². The summed E-state index contributed by atoms with van der Waals surface area (Å²) in [5.74, 6) is -0.466. The summed E-state index contributed by atoms with van der Waals surface area (Å²) in [4.78, 5) is 25.1. The monoisotopic (exact) mass is 243 g/mol. The molecule has 18 heavy (non-hydrogen) atoms. The number of aromatic hydroxyl groups is 1. The van der Waals surface area contributed by atoms with Crippen molar-refractivity contribution in [3.8, 4) is 17.6 Å². The highest BCUT2D eigenvalue weighted by atomic mass is 16.3. The molecule has 90 valence electrons. The van der Waals surface area contributed by atoms with E-state index in [-0.39, 0.29) is 16.8 Å². The molecule has 0 aliphatic heterocycles. The van der Waals surface area contributed by atoms with Gasteiger partial charge in [-0.15, -0.1) is 0 Å². The first-order valence-corrected chi connectivity index (χ1v) is 5.10. The number of benzene rings is 1. The second-order valence-electron chi connectivity index (χ2n) is 3.67. The fourth-order valence-corrected chi connectivity index (χ4v) is 1.60. The third-order valence-corrected chi connectivity index (χ3v) is 2.58. The molecule has 1 heterocycles. The van der Waals surface area contributed by atoms with Crippen molar-refractivity contribution in [2.45, 2.75) is 6.92 Å². The lowest BCUT2D eigenvalue weighted by atomic mass is 10.2. The molecule has 0 amide bonds. The van der Waals surface area contributed by atoms with Crippen LogP contribution in [-0.2, 0) is 0 Å². The minimum Gasteiger partial charge on any atom is -0.494 e. The first-order valence-electron chi connectivity index (χ1n) is 5.10. The Hall–Kier alpha value is -2.81. The van der Waals surface area contributed by atoms with Crippen molar-refractivity contribution in [2.24, 2.45) is 0 Å². The van der Waals surface area contributed by atoms with Crippen LogP contribution in [-0.4, -0.2) is 14.7 Å². The summed E-state index contributed by atoms with van der Waals surface area (Å²) in [6.45, 7) is 1.39. The highest BCUT2D eigenvalue weighted by Gasteiger charge is 2.14. The number of H-pyrrole nitrogens is 1. The van der Waals surface area contributed by atoms with Crippen LogP contribution < -0.4 is 11.2 Å². The summed E-state index contributed by atoms with van der Waals surface area (Å²) in [5, 5.41) is 18.8. The van der Waals surface area contributed by atoms with Gasteiger partial charge >= 0.3 is 5.69 Å². The van der Waals surface area contributed by atoms with Crippen molar-refractivity contribution in [1.82, 2.24) is 9.55 Å². The van der Waals surface area contributed by atoms with Crippen LogP contribution in [0.4, 0.5) is 0 Å². The first kappa shape index (κ1) is 11.7. The largest absolute Gasteiger partial charge is 0.494 e. The molecule has 2 aromatic rings. The molecule has 0 saturated carbocycles. The maximum atomic E-state index is 11.7. The second-order valence-corrected chi connectivity index (χ2v) is 3.67. The van der Waals surface area contributed by atoms with Gasteiger partial charge in [-0.1, -0.05) is 12.1 Å². The Morgan fingerprint density at radius 3 is 2.67 bits per heavy atom. The average molecular weight is 243 g/mol. The fraction of sp³-hybridized carbons (Fsp3) is 0.0833. The van der Waals surface area contributed by atoms with Gasteiger partial charge in [0.1, 0.15) is 6.07 Å². The van der Waals surface area contributed by atoms with Gasteiger partial charge in [0.25, 0.3) is 5.56 Å². The topological polar surface area (TPSA) is 98.9 Å². The smallest absolute Gasteiger partial charge is 0.335 e. The normalized spacial score (nSPS) is 10.0. The van der Waals surface area contributed by atoms with Gasteiger partial charge in [-0.2, -0.15) is 5.26 Å². The summed E-state index contributed by atoms with van der Waals surface area (Å²) in [6.07, 6.45) is 0. The number of nitriles is 1. The van der Waals surface area contributed by atoms with E-state index in [2.05, 4.69) is 4.98 Å². The number of nitrogens with zero attached hydrogens (tertiary/aromatic N) is 2. The number of aromatic nitrogens is 2. The van der Waals surface area contributed by atoms with Gasteiger partial charge in [-0.25, -0.2) is 9.36 Å². The Balaban J connectivity index is 2.90. The molecule has 0 aliphatic carbocycles. The third kappa shape index (κ3) is 1.68. The second kappa shape index (κ2) is 4.22. The van der Waals surface area contributed by atoms with Crippen molar-refractivity contribution in [3.05, 3.63) is 56.2 Å². The maximum absolute atomic E-state index is 11.7. The number of para-hydroxylation sites is 1. The van der Waals surface area contributed by atoms with Crippen LogP contribution in [0.3, 0.4) is 0 Å². The Morgan fingerprint density at radius 1 is 1.33 bits per heavy atom. The van der Waals surface area contributed by atoms with Crippen LogP contribution in [0.1, 0.15) is 11.1 Å². The molecular weight excluding hydrogens is 234 g/mol. The zero-order valence-corrected chi connectivity index (χ0v) is 9.47. The van der Waals surface area contributed by atoms with Crippen LogP contribution in [0, 0.1) is 18.3 Å². The van der Waals surface area contributed by atoms with E-state index >= 15 is 0 Å². The van der Waals surface area contributed by atoms with Crippen LogP contribution in [0.25, 0.3) is 5.69 Å². The van der Waals surface area contributed by atoms with Crippen molar-refractivity contribution in [3.63, 3.8) is 0 Å². The minimum absolute atomic E-state index is 0.0161. The van der Waals surface area contributed by atoms with Gasteiger partial charge in [0.2, 0.25) is 5.88 Å². The van der Waals surface area contributed by atoms with E-state index in [9.17, 15) is 14.7 Å². The molecule has 0 bridgehead atoms. The molecule has 1 aromatic carbocycles. The van der Waals surface area contributed by atoms with Crippen molar-refractivity contribution >= 4 is 0 Å². The van der Waals surface area contributed by atoms with E-state index in [1.807, 2.05) is 6.07 Å². The Bertz CT molecular complexity index is 765. The van der Waals surface area contributed by atoms with Gasteiger partial charge in [0.15, 0.2) is 0 Å². The van der Waals surface area contributed by atoms with Gasteiger partial charge in [-0.05, 0) is 19.1 Å². The van der Waals surface area contributed by atoms with E-state index in [4.69, 9.17) is 5.26 Å². The van der Waals surface area contributed by atoms with E-state index < -0.39 is 17.1 Å². The van der Waals surface area contributed by atoms with Crippen molar-refractivity contribution in [2.75, 3.05) is 0 Å². The molecule has 6 nitrogen and oxygen atoms in total. The lowest BCUT2D eigenvalue weighted by Crippen LogP contribution is -2.30. The van der Waals surface area contributed by atoms with Gasteiger partial charge < -0.3 is 5.11 Å². The molecule has 1 aromatic heterocycles. The zero-order valence-electron chi connectivity index (χ0n) is 9.47. The van der Waals surface area contributed by atoms with Crippen LogP contribution in [0.2, 0.25) is 0 Å². The maximum Gasteiger partial charge on any atom is 0.335 e. The summed E-state index contributed by atoms with van der Waals surface area (Å²) in [6, 6.07) is 8.22. The predicted molar refractivity (Wildman–Crippen MR) is 63.8 cm³/mol. The zero-order chi connectivity index (χ0) is 13.3. The highest BCUT2D eigenvalue weighted by Crippen LogP contribution is 2.18. The van der Waals surface area contributed by atoms with Crippen molar-refractivity contribution in [1.29, 1.82) is 5.26 Å². The SMILES string of the molecule is Cc1c(O)n(-c2ccccc2C#N)c(=O)[nH]c1=O. The molecule has 0 saturated heterocycles. The quantitative estimate of drug-likeness (QED) is 0.757. The van der Waals surface area contributed by atoms with Gasteiger partial charge in [-0.3, -0.25) is 9.78 Å². The van der Waals surface area contributed by atoms with Gasteiger partial charge in [0.05, 0.1) is 16.8 Å². The fourth-order valence-electron chi connectivity index (χ4n) is 1.60. The molecule has 2 N–H and O–H groups in total. The summed E-state index contributed by atoms with van der Waals surface area (Å²) in [5.41, 5.74) is -0.973. The lowest BCUT2D eigenvalue weighted by Gasteiger charge is -2.10. The van der Waals surface area contributed by atoms with E-state index in [1.165, 1.54) is 19.1 Å². The number of aromatic amines is 1. The number of rotatable bonds is 1. The molecule has 0 unspecified atom stereocenters. The number of nitrogens with one attached hydrogen (secondary N) is 1. The van der Waals surface area contributed by atoms with Crippen LogP contribution in [0.5, 0.6) is 5.88 Å². The minimum atomic E-state index is -0.786. The third-order valence-electron chi connectivity index (χ3n) is 2.58. The highest BCUT2D eigenvalue weighted by molar-refractivity contribution is 5.50. The molecule has 6 heteroatoms. The molecular formula is C12H9N3O3. The Kier molecular flexibility index (Phi) is 2.73. The van der Waals surface area contributed by atoms with Crippen molar-refractivity contribution < 1.29 is 5.11 Å². The summed E-state index contributed by atoms with van der Waals surface area (Å²) in [7, 11) is 0. The first-order chi connectivity index (χ1) is 8.56. The van der Waals surface area contributed by atoms with E-state index in [1.54, 1.807) is 12.1 Å². The Morgan fingerprint density at radius 2 is 2.00 bits per heavy atom. The lowest BCUT2D eigenvalue weighted by molar-refractivity contribution is 0.426. The summed E-state index contributed by atoms with van der Waals surface area (Å²) >= 11 is 0. The molecule has 0 atom stereocenters. The van der Waals surface area contributed by atoms with Gasteiger partial charge in [0, 0.05) is 0 Å².